The Hall–Kier alpha value is -0.800. The molecule has 1 aliphatic carbocycles. The maximum atomic E-state index is 6.12. The lowest BCUT2D eigenvalue weighted by Gasteiger charge is -2.30. The van der Waals surface area contributed by atoms with Crippen LogP contribution < -0.4 is 10.6 Å². The summed E-state index contributed by atoms with van der Waals surface area (Å²) in [6.45, 7) is 2.97. The van der Waals surface area contributed by atoms with Crippen molar-refractivity contribution in [1.82, 2.24) is 10.6 Å². The van der Waals surface area contributed by atoms with E-state index in [1.807, 2.05) is 24.3 Å². The molecule has 0 aliphatic heterocycles. The second-order valence-electron chi connectivity index (χ2n) is 5.29. The van der Waals surface area contributed by atoms with Crippen LogP contribution in [0.3, 0.4) is 0 Å². The van der Waals surface area contributed by atoms with Crippen molar-refractivity contribution in [2.45, 2.75) is 45.2 Å². The lowest BCUT2D eigenvalue weighted by Crippen LogP contribution is -2.45. The second-order valence-corrected chi connectivity index (χ2v) is 6.10. The Bertz CT molecular complexity index is 436. The van der Waals surface area contributed by atoms with E-state index in [0.717, 1.165) is 15.7 Å². The van der Waals surface area contributed by atoms with E-state index in [-0.39, 0.29) is 0 Å². The minimum absolute atomic E-state index is 0.514. The van der Waals surface area contributed by atoms with Crippen molar-refractivity contribution in [3.8, 4) is 0 Å². The molecule has 0 amide bonds. The molecule has 4 heteroatoms. The minimum Gasteiger partial charge on any atom is -0.360 e. The lowest BCUT2D eigenvalue weighted by molar-refractivity contribution is 0.308. The summed E-state index contributed by atoms with van der Waals surface area (Å²) in [5.74, 6) is 0.703. The van der Waals surface area contributed by atoms with Crippen LogP contribution in [0.4, 0.5) is 0 Å². The van der Waals surface area contributed by atoms with Gasteiger partial charge in [0.1, 0.15) is 0 Å². The van der Waals surface area contributed by atoms with E-state index in [2.05, 4.69) is 17.6 Å². The molecular weight excluding hydrogens is 276 g/mol. The predicted molar refractivity (Wildman–Crippen MR) is 85.4 cm³/mol. The van der Waals surface area contributed by atoms with Crippen LogP contribution in [0.5, 0.6) is 0 Å². The quantitative estimate of drug-likeness (QED) is 0.828. The number of halogens is 1. The molecule has 1 fully saturated rings. The van der Waals surface area contributed by atoms with Gasteiger partial charge in [0.2, 0.25) is 0 Å². The number of hydrogen-bond donors (Lipinski definition) is 2. The summed E-state index contributed by atoms with van der Waals surface area (Å²) >= 11 is 11.5. The summed E-state index contributed by atoms with van der Waals surface area (Å²) in [4.78, 5) is 0. The average Bonchev–Trinajstić information content (AvgIpc) is 2.40. The zero-order valence-electron chi connectivity index (χ0n) is 11.3. The van der Waals surface area contributed by atoms with E-state index < -0.39 is 0 Å². The SMILES string of the molecule is C[C@H]1CCCC[C@H]1NC(=S)NCc1ccccc1Cl. The summed E-state index contributed by atoms with van der Waals surface area (Å²) in [6, 6.07) is 8.36. The average molecular weight is 297 g/mol. The molecule has 0 heterocycles. The first-order valence-electron chi connectivity index (χ1n) is 6.94. The molecule has 1 aromatic rings. The lowest BCUT2D eigenvalue weighted by atomic mass is 9.86. The molecule has 2 rings (SSSR count). The van der Waals surface area contributed by atoms with Crippen molar-refractivity contribution in [1.29, 1.82) is 0 Å². The molecule has 1 aliphatic rings. The van der Waals surface area contributed by atoms with Crippen LogP contribution >= 0.6 is 23.8 Å². The molecule has 2 atom stereocenters. The molecule has 1 saturated carbocycles. The summed E-state index contributed by atoms with van der Waals surface area (Å²) in [6.07, 6.45) is 5.16. The Morgan fingerprint density at radius 1 is 1.32 bits per heavy atom. The Balaban J connectivity index is 1.80. The molecule has 2 N–H and O–H groups in total. The molecule has 0 saturated heterocycles. The van der Waals surface area contributed by atoms with Crippen LogP contribution in [-0.2, 0) is 6.54 Å². The molecule has 0 bridgehead atoms. The fraction of sp³-hybridized carbons (Fsp3) is 0.533. The normalized spacial score (nSPS) is 22.8. The zero-order valence-corrected chi connectivity index (χ0v) is 12.9. The number of rotatable bonds is 3. The maximum Gasteiger partial charge on any atom is 0.166 e. The van der Waals surface area contributed by atoms with E-state index in [1.165, 1.54) is 25.7 Å². The highest BCUT2D eigenvalue weighted by Gasteiger charge is 2.21. The van der Waals surface area contributed by atoms with Gasteiger partial charge in [0.25, 0.3) is 0 Å². The van der Waals surface area contributed by atoms with Crippen LogP contribution in [-0.4, -0.2) is 11.2 Å². The maximum absolute atomic E-state index is 6.12. The van der Waals surface area contributed by atoms with Gasteiger partial charge in [-0.25, -0.2) is 0 Å². The van der Waals surface area contributed by atoms with Crippen LogP contribution in [0.1, 0.15) is 38.2 Å². The highest BCUT2D eigenvalue weighted by Crippen LogP contribution is 2.23. The van der Waals surface area contributed by atoms with Gasteiger partial charge < -0.3 is 10.6 Å². The number of nitrogens with one attached hydrogen (secondary N) is 2. The molecular formula is C15H21ClN2S. The highest BCUT2D eigenvalue weighted by atomic mass is 35.5. The van der Waals surface area contributed by atoms with Gasteiger partial charge in [-0.15, -0.1) is 0 Å². The highest BCUT2D eigenvalue weighted by molar-refractivity contribution is 7.80. The molecule has 1 aromatic carbocycles. The molecule has 0 spiro atoms. The van der Waals surface area contributed by atoms with Crippen molar-refractivity contribution in [2.75, 3.05) is 0 Å². The number of hydrogen-bond acceptors (Lipinski definition) is 1. The van der Waals surface area contributed by atoms with Crippen LogP contribution in [0.2, 0.25) is 5.02 Å². The third-order valence-corrected chi connectivity index (χ3v) is 4.46. The van der Waals surface area contributed by atoms with Crippen molar-refractivity contribution >= 4 is 28.9 Å². The Labute approximate surface area is 125 Å². The molecule has 104 valence electrons. The third kappa shape index (κ3) is 4.36. The van der Waals surface area contributed by atoms with Gasteiger partial charge in [-0.2, -0.15) is 0 Å². The van der Waals surface area contributed by atoms with Crippen molar-refractivity contribution < 1.29 is 0 Å². The Morgan fingerprint density at radius 3 is 2.79 bits per heavy atom. The van der Waals surface area contributed by atoms with Crippen LogP contribution in [0.15, 0.2) is 24.3 Å². The first-order valence-corrected chi connectivity index (χ1v) is 7.73. The van der Waals surface area contributed by atoms with Gasteiger partial charge in [-0.1, -0.05) is 49.6 Å². The van der Waals surface area contributed by atoms with Gasteiger partial charge in [-0.3, -0.25) is 0 Å². The Morgan fingerprint density at radius 2 is 2.05 bits per heavy atom. The molecule has 19 heavy (non-hydrogen) atoms. The summed E-state index contributed by atoms with van der Waals surface area (Å²) in [5.41, 5.74) is 1.07. The van der Waals surface area contributed by atoms with Crippen LogP contribution in [0.25, 0.3) is 0 Å². The monoisotopic (exact) mass is 296 g/mol. The molecule has 0 unspecified atom stereocenters. The summed E-state index contributed by atoms with van der Waals surface area (Å²) in [5, 5.41) is 8.20. The van der Waals surface area contributed by atoms with E-state index in [9.17, 15) is 0 Å². The van der Waals surface area contributed by atoms with Gasteiger partial charge >= 0.3 is 0 Å². The molecule has 2 nitrogen and oxygen atoms in total. The smallest absolute Gasteiger partial charge is 0.166 e. The van der Waals surface area contributed by atoms with Crippen LogP contribution in [0, 0.1) is 5.92 Å². The van der Waals surface area contributed by atoms with E-state index in [4.69, 9.17) is 23.8 Å². The van der Waals surface area contributed by atoms with E-state index in [1.54, 1.807) is 0 Å². The second kappa shape index (κ2) is 7.11. The topological polar surface area (TPSA) is 24.1 Å². The van der Waals surface area contributed by atoms with E-state index in [0.29, 0.717) is 18.5 Å². The predicted octanol–water partition coefficient (Wildman–Crippen LogP) is 3.88. The Kier molecular flexibility index (Phi) is 5.46. The standard InChI is InChI=1S/C15H21ClN2S/c1-11-6-2-5-9-14(11)18-15(19)17-10-12-7-3-4-8-13(12)16/h3-4,7-8,11,14H,2,5-6,9-10H2,1H3,(H2,17,18,19)/t11-,14+/m0/s1. The van der Waals surface area contributed by atoms with Gasteiger partial charge in [0, 0.05) is 17.6 Å². The van der Waals surface area contributed by atoms with Gasteiger partial charge in [0.05, 0.1) is 0 Å². The van der Waals surface area contributed by atoms with Crippen molar-refractivity contribution in [2.24, 2.45) is 5.92 Å². The fourth-order valence-corrected chi connectivity index (χ4v) is 2.99. The first-order chi connectivity index (χ1) is 9.16. The van der Waals surface area contributed by atoms with Gasteiger partial charge in [-0.05, 0) is 42.6 Å². The zero-order chi connectivity index (χ0) is 13.7. The largest absolute Gasteiger partial charge is 0.360 e. The van der Waals surface area contributed by atoms with Crippen molar-refractivity contribution in [3.05, 3.63) is 34.9 Å². The number of thiocarbonyl (C=S) groups is 1. The van der Waals surface area contributed by atoms with Crippen molar-refractivity contribution in [3.63, 3.8) is 0 Å². The fourth-order valence-electron chi connectivity index (χ4n) is 2.57. The minimum atomic E-state index is 0.514. The summed E-state index contributed by atoms with van der Waals surface area (Å²) in [7, 11) is 0. The first kappa shape index (κ1) is 14.6. The summed E-state index contributed by atoms with van der Waals surface area (Å²) < 4.78 is 0. The molecule has 0 aromatic heterocycles. The van der Waals surface area contributed by atoms with E-state index >= 15 is 0 Å². The molecule has 0 radical (unpaired) electrons. The third-order valence-electron chi connectivity index (χ3n) is 3.83. The van der Waals surface area contributed by atoms with Gasteiger partial charge in [0.15, 0.2) is 5.11 Å². The number of benzene rings is 1.